The fourth-order valence-corrected chi connectivity index (χ4v) is 2.27. The van der Waals surface area contributed by atoms with Crippen LogP contribution in [0.1, 0.15) is 24.1 Å². The van der Waals surface area contributed by atoms with Gasteiger partial charge in [-0.25, -0.2) is 8.78 Å². The highest BCUT2D eigenvalue weighted by atomic mass is 79.9. The average molecular weight is 326 g/mol. The summed E-state index contributed by atoms with van der Waals surface area (Å²) in [6.45, 7) is 2.51. The number of rotatable bonds is 4. The lowest BCUT2D eigenvalue weighted by molar-refractivity contribution is 0.545. The molecular weight excluding hydrogens is 312 g/mol. The summed E-state index contributed by atoms with van der Waals surface area (Å²) < 4.78 is 27.3. The highest BCUT2D eigenvalue weighted by Crippen LogP contribution is 2.19. The van der Waals surface area contributed by atoms with E-state index in [0.717, 1.165) is 16.1 Å². The Bertz CT molecular complexity index is 552. The molecule has 0 fully saturated rings. The van der Waals surface area contributed by atoms with Crippen LogP contribution in [0.25, 0.3) is 0 Å². The van der Waals surface area contributed by atoms with Gasteiger partial charge in [0.25, 0.3) is 0 Å². The molecule has 2 aromatic rings. The molecule has 0 aromatic heterocycles. The van der Waals surface area contributed by atoms with Crippen LogP contribution in [0.4, 0.5) is 8.78 Å². The fourth-order valence-electron chi connectivity index (χ4n) is 1.85. The van der Waals surface area contributed by atoms with E-state index in [9.17, 15) is 8.78 Å². The van der Waals surface area contributed by atoms with E-state index < -0.39 is 11.6 Å². The van der Waals surface area contributed by atoms with E-state index in [4.69, 9.17) is 0 Å². The van der Waals surface area contributed by atoms with Gasteiger partial charge < -0.3 is 5.32 Å². The molecule has 1 atom stereocenters. The molecule has 1 unspecified atom stereocenters. The molecule has 100 valence electrons. The molecule has 1 nitrogen and oxygen atoms in total. The first kappa shape index (κ1) is 14.2. The Kier molecular flexibility index (Phi) is 4.66. The average Bonchev–Trinajstić information content (AvgIpc) is 2.36. The number of hydrogen-bond donors (Lipinski definition) is 1. The summed E-state index contributed by atoms with van der Waals surface area (Å²) in [6, 6.07) is 11.3. The van der Waals surface area contributed by atoms with Crippen LogP contribution in [0.5, 0.6) is 0 Å². The first-order chi connectivity index (χ1) is 9.06. The molecule has 0 spiro atoms. The van der Waals surface area contributed by atoms with Gasteiger partial charge in [0.05, 0.1) is 0 Å². The van der Waals surface area contributed by atoms with Crippen molar-refractivity contribution in [3.8, 4) is 0 Å². The molecule has 0 aliphatic carbocycles. The summed E-state index contributed by atoms with van der Waals surface area (Å²) in [5.74, 6) is -1.10. The molecule has 0 aliphatic heterocycles. The molecule has 1 N–H and O–H groups in total. The Labute approximate surface area is 119 Å². The molecule has 0 saturated heterocycles. The predicted octanol–water partition coefficient (Wildman–Crippen LogP) is 4.58. The van der Waals surface area contributed by atoms with E-state index in [1.54, 1.807) is 0 Å². The minimum atomic E-state index is -0.551. The van der Waals surface area contributed by atoms with Crippen LogP contribution in [-0.2, 0) is 6.54 Å². The summed E-state index contributed by atoms with van der Waals surface area (Å²) in [7, 11) is 0. The van der Waals surface area contributed by atoms with Gasteiger partial charge in [-0.3, -0.25) is 0 Å². The molecule has 0 radical (unpaired) electrons. The molecule has 2 rings (SSSR count). The van der Waals surface area contributed by atoms with Gasteiger partial charge in [0, 0.05) is 23.1 Å². The van der Waals surface area contributed by atoms with Crippen molar-refractivity contribution in [1.82, 2.24) is 5.32 Å². The molecule has 2 aromatic carbocycles. The van der Waals surface area contributed by atoms with Crippen molar-refractivity contribution in [2.24, 2.45) is 0 Å². The molecule has 0 saturated carbocycles. The first-order valence-corrected chi connectivity index (χ1v) is 6.78. The van der Waals surface area contributed by atoms with Crippen LogP contribution < -0.4 is 5.32 Å². The van der Waals surface area contributed by atoms with Gasteiger partial charge in [0.15, 0.2) is 0 Å². The molecule has 0 bridgehead atoms. The maximum atomic E-state index is 13.1. The summed E-state index contributed by atoms with van der Waals surface area (Å²) in [5, 5.41) is 3.25. The van der Waals surface area contributed by atoms with Crippen LogP contribution in [-0.4, -0.2) is 0 Å². The fraction of sp³-hybridized carbons (Fsp3) is 0.200. The van der Waals surface area contributed by atoms with Crippen LogP contribution in [0.15, 0.2) is 46.9 Å². The maximum absolute atomic E-state index is 13.1. The molecule has 0 aliphatic rings. The molecule has 4 heteroatoms. The molecule has 0 amide bonds. The molecule has 0 heterocycles. The van der Waals surface area contributed by atoms with Crippen molar-refractivity contribution in [2.45, 2.75) is 19.5 Å². The first-order valence-electron chi connectivity index (χ1n) is 5.99. The van der Waals surface area contributed by atoms with Gasteiger partial charge in [-0.1, -0.05) is 34.1 Å². The summed E-state index contributed by atoms with van der Waals surface area (Å²) in [6.07, 6.45) is 0. The Balaban J connectivity index is 2.05. The minimum Gasteiger partial charge on any atom is -0.306 e. The number of halogens is 3. The van der Waals surface area contributed by atoms with Crippen molar-refractivity contribution in [2.75, 3.05) is 0 Å². The third-order valence-electron chi connectivity index (χ3n) is 2.94. The SMILES string of the molecule is CC(NCc1ccccc1Br)c1cc(F)cc(F)c1. The summed E-state index contributed by atoms with van der Waals surface area (Å²) >= 11 is 3.47. The van der Waals surface area contributed by atoms with Crippen molar-refractivity contribution in [3.05, 3.63) is 69.7 Å². The topological polar surface area (TPSA) is 12.0 Å². The minimum absolute atomic E-state index is 0.127. The Morgan fingerprint density at radius 3 is 2.37 bits per heavy atom. The zero-order chi connectivity index (χ0) is 13.8. The van der Waals surface area contributed by atoms with E-state index in [2.05, 4.69) is 21.2 Å². The third-order valence-corrected chi connectivity index (χ3v) is 3.72. The Morgan fingerprint density at radius 2 is 1.74 bits per heavy atom. The Morgan fingerprint density at radius 1 is 1.11 bits per heavy atom. The smallest absolute Gasteiger partial charge is 0.126 e. The van der Waals surface area contributed by atoms with E-state index >= 15 is 0 Å². The predicted molar refractivity (Wildman–Crippen MR) is 75.8 cm³/mol. The van der Waals surface area contributed by atoms with E-state index in [-0.39, 0.29) is 6.04 Å². The largest absolute Gasteiger partial charge is 0.306 e. The van der Waals surface area contributed by atoms with Gasteiger partial charge in [-0.2, -0.15) is 0 Å². The molecule has 19 heavy (non-hydrogen) atoms. The second kappa shape index (κ2) is 6.26. The number of hydrogen-bond acceptors (Lipinski definition) is 1. The van der Waals surface area contributed by atoms with Gasteiger partial charge in [0.2, 0.25) is 0 Å². The quantitative estimate of drug-likeness (QED) is 0.867. The lowest BCUT2D eigenvalue weighted by atomic mass is 10.1. The van der Waals surface area contributed by atoms with Crippen LogP contribution in [0.2, 0.25) is 0 Å². The van der Waals surface area contributed by atoms with Crippen molar-refractivity contribution in [3.63, 3.8) is 0 Å². The van der Waals surface area contributed by atoms with Gasteiger partial charge in [-0.05, 0) is 36.2 Å². The van der Waals surface area contributed by atoms with Crippen LogP contribution in [0.3, 0.4) is 0 Å². The van der Waals surface area contributed by atoms with Crippen molar-refractivity contribution < 1.29 is 8.78 Å². The van der Waals surface area contributed by atoms with Gasteiger partial charge >= 0.3 is 0 Å². The monoisotopic (exact) mass is 325 g/mol. The highest BCUT2D eigenvalue weighted by Gasteiger charge is 2.09. The van der Waals surface area contributed by atoms with E-state index in [1.807, 2.05) is 31.2 Å². The van der Waals surface area contributed by atoms with Crippen molar-refractivity contribution >= 4 is 15.9 Å². The van der Waals surface area contributed by atoms with Gasteiger partial charge in [0.1, 0.15) is 11.6 Å². The summed E-state index contributed by atoms with van der Waals surface area (Å²) in [4.78, 5) is 0. The Hall–Kier alpha value is -1.26. The maximum Gasteiger partial charge on any atom is 0.126 e. The highest BCUT2D eigenvalue weighted by molar-refractivity contribution is 9.10. The molecular formula is C15H14BrF2N. The van der Waals surface area contributed by atoms with Crippen molar-refractivity contribution in [1.29, 1.82) is 0 Å². The van der Waals surface area contributed by atoms with E-state index in [1.165, 1.54) is 12.1 Å². The van der Waals surface area contributed by atoms with E-state index in [0.29, 0.717) is 12.1 Å². The lowest BCUT2D eigenvalue weighted by Crippen LogP contribution is -2.18. The number of benzene rings is 2. The number of nitrogens with one attached hydrogen (secondary N) is 1. The standard InChI is InChI=1S/C15H14BrF2N/c1-10(12-6-13(17)8-14(18)7-12)19-9-11-4-2-3-5-15(11)16/h2-8,10,19H,9H2,1H3. The third kappa shape index (κ3) is 3.85. The second-order valence-corrected chi connectivity index (χ2v) is 5.25. The zero-order valence-electron chi connectivity index (χ0n) is 10.5. The second-order valence-electron chi connectivity index (χ2n) is 4.40. The normalized spacial score (nSPS) is 12.4. The zero-order valence-corrected chi connectivity index (χ0v) is 12.0. The lowest BCUT2D eigenvalue weighted by Gasteiger charge is -2.15. The van der Waals surface area contributed by atoms with Crippen LogP contribution in [0, 0.1) is 11.6 Å². The van der Waals surface area contributed by atoms with Crippen LogP contribution >= 0.6 is 15.9 Å². The van der Waals surface area contributed by atoms with Gasteiger partial charge in [-0.15, -0.1) is 0 Å². The summed E-state index contributed by atoms with van der Waals surface area (Å²) in [5.41, 5.74) is 1.70.